The van der Waals surface area contributed by atoms with E-state index in [1.165, 1.54) is 6.07 Å². The van der Waals surface area contributed by atoms with Crippen LogP contribution in [0.1, 0.15) is 0 Å². The Labute approximate surface area is 228 Å². The lowest BCUT2D eigenvalue weighted by molar-refractivity contribution is 0.122. The number of nitrogens with one attached hydrogen (secondary N) is 2. The maximum absolute atomic E-state index is 13.9. The molecule has 2 aliphatic heterocycles. The average Bonchev–Trinajstić information content (AvgIpc) is 3.40. The standard InChI is InChI=1S/C28H27F2N5O3S/c29-20-3-6-23(22(30)17-20)32-27(36)31-21-4-1-18(2-5-21)19-15-24(34-7-11-37-12-8-34)26-25(16-19)39-28(33-26)35-9-13-38-14-10-35/h1-6,15-17H,7-14H2,(H2,31,32,36). The Morgan fingerprint density at radius 1 is 0.821 bits per heavy atom. The molecule has 1 aromatic heterocycles. The van der Waals surface area contributed by atoms with Gasteiger partial charge in [-0.2, -0.15) is 0 Å². The molecule has 6 rings (SSSR count). The molecule has 202 valence electrons. The van der Waals surface area contributed by atoms with Crippen LogP contribution in [0.4, 0.5) is 35.8 Å². The van der Waals surface area contributed by atoms with Crippen molar-refractivity contribution < 1.29 is 23.0 Å². The highest BCUT2D eigenvalue weighted by Gasteiger charge is 2.21. The van der Waals surface area contributed by atoms with E-state index in [0.717, 1.165) is 70.5 Å². The molecule has 2 aliphatic rings. The van der Waals surface area contributed by atoms with Gasteiger partial charge < -0.3 is 29.9 Å². The van der Waals surface area contributed by atoms with Gasteiger partial charge in [0.15, 0.2) is 5.13 Å². The van der Waals surface area contributed by atoms with E-state index in [2.05, 4.69) is 32.6 Å². The Morgan fingerprint density at radius 3 is 2.21 bits per heavy atom. The van der Waals surface area contributed by atoms with Gasteiger partial charge in [-0.1, -0.05) is 23.5 Å². The molecule has 0 saturated carbocycles. The first-order valence-corrected chi connectivity index (χ1v) is 13.6. The third kappa shape index (κ3) is 5.65. The van der Waals surface area contributed by atoms with Gasteiger partial charge in [-0.25, -0.2) is 18.6 Å². The first-order valence-electron chi connectivity index (χ1n) is 12.8. The molecule has 2 amide bonds. The largest absolute Gasteiger partial charge is 0.378 e. The number of carbonyl (C=O) groups is 1. The van der Waals surface area contributed by atoms with Crippen LogP contribution in [-0.4, -0.2) is 63.6 Å². The number of halogens is 2. The minimum atomic E-state index is -0.841. The molecule has 0 atom stereocenters. The molecule has 4 aromatic rings. The fourth-order valence-corrected chi connectivity index (χ4v) is 5.80. The number of benzene rings is 3. The summed E-state index contributed by atoms with van der Waals surface area (Å²) in [7, 11) is 0. The number of anilines is 4. The summed E-state index contributed by atoms with van der Waals surface area (Å²) >= 11 is 1.69. The zero-order valence-corrected chi connectivity index (χ0v) is 21.9. The van der Waals surface area contributed by atoms with Crippen LogP contribution >= 0.6 is 11.3 Å². The molecular formula is C28H27F2N5O3S. The summed E-state index contributed by atoms with van der Waals surface area (Å²) in [6, 6.07) is 14.1. The fraction of sp³-hybridized carbons (Fsp3) is 0.286. The Bertz CT molecular complexity index is 1480. The van der Waals surface area contributed by atoms with Crippen LogP contribution in [-0.2, 0) is 9.47 Å². The van der Waals surface area contributed by atoms with Crippen LogP contribution in [0.15, 0.2) is 54.6 Å². The van der Waals surface area contributed by atoms with Crippen molar-refractivity contribution in [2.75, 3.05) is 73.0 Å². The van der Waals surface area contributed by atoms with Crippen molar-refractivity contribution in [1.29, 1.82) is 0 Å². The minimum absolute atomic E-state index is 0.101. The number of hydrogen-bond donors (Lipinski definition) is 2. The van der Waals surface area contributed by atoms with E-state index in [1.54, 1.807) is 23.5 Å². The lowest BCUT2D eigenvalue weighted by Crippen LogP contribution is -2.36. The zero-order valence-electron chi connectivity index (χ0n) is 21.1. The molecule has 11 heteroatoms. The number of amides is 2. The zero-order chi connectivity index (χ0) is 26.8. The number of aromatic nitrogens is 1. The van der Waals surface area contributed by atoms with E-state index in [-0.39, 0.29) is 5.69 Å². The highest BCUT2D eigenvalue weighted by atomic mass is 32.1. The highest BCUT2D eigenvalue weighted by molar-refractivity contribution is 7.22. The van der Waals surface area contributed by atoms with Crippen molar-refractivity contribution in [2.24, 2.45) is 0 Å². The summed E-state index contributed by atoms with van der Waals surface area (Å²) in [6.45, 7) is 6.02. The monoisotopic (exact) mass is 551 g/mol. The summed E-state index contributed by atoms with van der Waals surface area (Å²) in [4.78, 5) is 22.0. The number of thiazole rings is 1. The Hall–Kier alpha value is -3.80. The molecule has 0 aliphatic carbocycles. The van der Waals surface area contributed by atoms with E-state index in [0.29, 0.717) is 32.1 Å². The van der Waals surface area contributed by atoms with Crippen molar-refractivity contribution in [2.45, 2.75) is 0 Å². The molecule has 39 heavy (non-hydrogen) atoms. The number of fused-ring (bicyclic) bond motifs is 1. The summed E-state index contributed by atoms with van der Waals surface area (Å²) in [6.07, 6.45) is 0. The lowest BCUT2D eigenvalue weighted by atomic mass is 10.0. The van der Waals surface area contributed by atoms with E-state index >= 15 is 0 Å². The van der Waals surface area contributed by atoms with Crippen LogP contribution in [0.5, 0.6) is 0 Å². The van der Waals surface area contributed by atoms with E-state index in [9.17, 15) is 13.6 Å². The number of hydrogen-bond acceptors (Lipinski definition) is 7. The van der Waals surface area contributed by atoms with Gasteiger partial charge in [0.25, 0.3) is 0 Å². The van der Waals surface area contributed by atoms with Crippen LogP contribution in [0.2, 0.25) is 0 Å². The van der Waals surface area contributed by atoms with Crippen LogP contribution in [0, 0.1) is 11.6 Å². The Morgan fingerprint density at radius 2 is 1.51 bits per heavy atom. The summed E-state index contributed by atoms with van der Waals surface area (Å²) in [5, 5.41) is 6.09. The molecule has 3 aromatic carbocycles. The number of urea groups is 1. The summed E-state index contributed by atoms with van der Waals surface area (Å²) < 4.78 is 39.2. The lowest BCUT2D eigenvalue weighted by Gasteiger charge is -2.29. The van der Waals surface area contributed by atoms with Gasteiger partial charge in [0.2, 0.25) is 0 Å². The van der Waals surface area contributed by atoms with Crippen molar-refractivity contribution in [3.63, 3.8) is 0 Å². The first-order chi connectivity index (χ1) is 19.0. The molecule has 2 saturated heterocycles. The molecule has 0 spiro atoms. The third-order valence-corrected chi connectivity index (χ3v) is 7.82. The highest BCUT2D eigenvalue weighted by Crippen LogP contribution is 2.39. The van der Waals surface area contributed by atoms with Crippen molar-refractivity contribution in [3.8, 4) is 11.1 Å². The predicted molar refractivity (Wildman–Crippen MR) is 150 cm³/mol. The first kappa shape index (κ1) is 25.5. The molecule has 3 heterocycles. The Kier molecular flexibility index (Phi) is 7.27. The number of carbonyl (C=O) groups excluding carboxylic acids is 1. The van der Waals surface area contributed by atoms with Gasteiger partial charge in [0, 0.05) is 37.9 Å². The van der Waals surface area contributed by atoms with Gasteiger partial charge >= 0.3 is 6.03 Å². The molecule has 0 unspecified atom stereocenters. The SMILES string of the molecule is O=C(Nc1ccc(-c2cc(N3CCOCC3)c3nc(N4CCOCC4)sc3c2)cc1)Nc1ccc(F)cc1F. The van der Waals surface area contributed by atoms with Gasteiger partial charge in [-0.3, -0.25) is 0 Å². The van der Waals surface area contributed by atoms with Crippen LogP contribution in [0.25, 0.3) is 21.3 Å². The normalized spacial score (nSPS) is 15.9. The van der Waals surface area contributed by atoms with E-state index < -0.39 is 17.7 Å². The van der Waals surface area contributed by atoms with Crippen molar-refractivity contribution in [3.05, 3.63) is 66.2 Å². The predicted octanol–water partition coefficient (Wildman–Crippen LogP) is 5.56. The molecular weight excluding hydrogens is 524 g/mol. The molecule has 2 N–H and O–H groups in total. The Balaban J connectivity index is 1.25. The third-order valence-electron chi connectivity index (χ3n) is 6.75. The van der Waals surface area contributed by atoms with Crippen LogP contribution < -0.4 is 20.4 Å². The second kappa shape index (κ2) is 11.1. The summed E-state index contributed by atoms with van der Waals surface area (Å²) in [5.74, 6) is -1.55. The number of morpholine rings is 2. The summed E-state index contributed by atoms with van der Waals surface area (Å²) in [5.41, 5.74) is 4.56. The second-order valence-corrected chi connectivity index (χ2v) is 10.3. The maximum Gasteiger partial charge on any atom is 0.323 e. The smallest absolute Gasteiger partial charge is 0.323 e. The van der Waals surface area contributed by atoms with E-state index in [1.807, 2.05) is 12.1 Å². The van der Waals surface area contributed by atoms with Gasteiger partial charge in [-0.05, 0) is 47.5 Å². The van der Waals surface area contributed by atoms with Gasteiger partial charge in [0.1, 0.15) is 17.2 Å². The quantitative estimate of drug-likeness (QED) is 0.338. The van der Waals surface area contributed by atoms with E-state index in [4.69, 9.17) is 14.5 Å². The van der Waals surface area contributed by atoms with Crippen molar-refractivity contribution >= 4 is 49.8 Å². The number of nitrogens with zero attached hydrogens (tertiary/aromatic N) is 3. The molecule has 0 radical (unpaired) electrons. The second-order valence-electron chi connectivity index (χ2n) is 9.32. The maximum atomic E-state index is 13.9. The van der Waals surface area contributed by atoms with Crippen molar-refractivity contribution in [1.82, 2.24) is 4.98 Å². The van der Waals surface area contributed by atoms with Crippen LogP contribution in [0.3, 0.4) is 0 Å². The molecule has 0 bridgehead atoms. The topological polar surface area (TPSA) is 79.0 Å². The number of ether oxygens (including phenoxy) is 2. The minimum Gasteiger partial charge on any atom is -0.378 e. The van der Waals surface area contributed by atoms with Gasteiger partial charge in [0.05, 0.1) is 42.5 Å². The van der Waals surface area contributed by atoms with Gasteiger partial charge in [-0.15, -0.1) is 0 Å². The average molecular weight is 552 g/mol. The molecule has 2 fully saturated rings. The fourth-order valence-electron chi connectivity index (χ4n) is 4.72. The number of rotatable bonds is 5. The molecule has 8 nitrogen and oxygen atoms in total.